The standard InChI is InChI=1S/C23H26F3N7O3/c1-15(31-6-8-33(9-7-31)22-28-13-18(14-29-22)23(24,25)26)21(35)30-36-11-10-32-5-4-16-2-3-17(20(27)34)12-19(16)32/h2-5,12-15H,6-11H2,1H3,(H2,27,34)(H,30,35). The number of benzene rings is 1. The highest BCUT2D eigenvalue weighted by Crippen LogP contribution is 2.28. The normalized spacial score (nSPS) is 15.7. The van der Waals surface area contributed by atoms with Crippen LogP contribution < -0.4 is 16.1 Å². The van der Waals surface area contributed by atoms with Crippen molar-refractivity contribution in [1.82, 2.24) is 24.9 Å². The first-order valence-electron chi connectivity index (χ1n) is 11.3. The molecule has 4 rings (SSSR count). The number of carbonyl (C=O) groups excluding carboxylic acids is 2. The molecule has 192 valence electrons. The Morgan fingerprint density at radius 3 is 2.47 bits per heavy atom. The smallest absolute Gasteiger partial charge is 0.366 e. The number of piperazine rings is 1. The van der Waals surface area contributed by atoms with Gasteiger partial charge in [-0.2, -0.15) is 13.2 Å². The molecule has 1 aromatic carbocycles. The topological polar surface area (TPSA) is 119 Å². The van der Waals surface area contributed by atoms with Crippen molar-refractivity contribution in [3.05, 3.63) is 54.0 Å². The maximum atomic E-state index is 12.7. The van der Waals surface area contributed by atoms with Gasteiger partial charge in [-0.15, -0.1) is 0 Å². The van der Waals surface area contributed by atoms with Gasteiger partial charge in [-0.3, -0.25) is 19.3 Å². The summed E-state index contributed by atoms with van der Waals surface area (Å²) >= 11 is 0. The number of nitrogens with two attached hydrogens (primary N) is 1. The fraction of sp³-hybridized carbons (Fsp3) is 0.391. The Labute approximate surface area is 204 Å². The van der Waals surface area contributed by atoms with Crippen LogP contribution in [-0.2, 0) is 22.4 Å². The zero-order valence-electron chi connectivity index (χ0n) is 19.5. The molecule has 36 heavy (non-hydrogen) atoms. The Balaban J connectivity index is 1.22. The molecule has 0 saturated carbocycles. The lowest BCUT2D eigenvalue weighted by atomic mass is 10.1. The predicted octanol–water partition coefficient (Wildman–Crippen LogP) is 1.81. The van der Waals surface area contributed by atoms with E-state index in [1.807, 2.05) is 27.8 Å². The number of hydroxylamine groups is 1. The fourth-order valence-electron chi connectivity index (χ4n) is 3.99. The molecule has 1 fully saturated rings. The van der Waals surface area contributed by atoms with Gasteiger partial charge in [0.25, 0.3) is 5.91 Å². The molecule has 2 amide bonds. The van der Waals surface area contributed by atoms with Crippen LogP contribution >= 0.6 is 0 Å². The summed E-state index contributed by atoms with van der Waals surface area (Å²) in [5.41, 5.74) is 8.18. The number of hydrogen-bond acceptors (Lipinski definition) is 7. The van der Waals surface area contributed by atoms with Crippen LogP contribution in [0.15, 0.2) is 42.9 Å². The molecular formula is C23H26F3N7O3. The van der Waals surface area contributed by atoms with Gasteiger partial charge in [-0.05, 0) is 30.5 Å². The Kier molecular flexibility index (Phi) is 7.40. The van der Waals surface area contributed by atoms with E-state index < -0.39 is 23.7 Å². The minimum atomic E-state index is -4.48. The molecule has 3 heterocycles. The van der Waals surface area contributed by atoms with Crippen LogP contribution in [0.25, 0.3) is 10.9 Å². The molecule has 1 saturated heterocycles. The molecule has 1 unspecified atom stereocenters. The van der Waals surface area contributed by atoms with E-state index in [0.717, 1.165) is 23.3 Å². The van der Waals surface area contributed by atoms with Crippen molar-refractivity contribution in [3.63, 3.8) is 0 Å². The first-order chi connectivity index (χ1) is 17.1. The summed E-state index contributed by atoms with van der Waals surface area (Å²) in [6.07, 6.45) is -1.07. The maximum Gasteiger partial charge on any atom is 0.419 e. The summed E-state index contributed by atoms with van der Waals surface area (Å²) in [7, 11) is 0. The van der Waals surface area contributed by atoms with E-state index in [4.69, 9.17) is 10.6 Å². The van der Waals surface area contributed by atoms with E-state index in [9.17, 15) is 22.8 Å². The van der Waals surface area contributed by atoms with Gasteiger partial charge in [-0.25, -0.2) is 15.4 Å². The number of amides is 2. The number of alkyl halides is 3. The first-order valence-corrected chi connectivity index (χ1v) is 11.3. The van der Waals surface area contributed by atoms with Crippen LogP contribution in [0.4, 0.5) is 19.1 Å². The van der Waals surface area contributed by atoms with Crippen LogP contribution in [-0.4, -0.2) is 70.1 Å². The molecule has 1 atom stereocenters. The van der Waals surface area contributed by atoms with Crippen molar-refractivity contribution in [2.45, 2.75) is 25.7 Å². The Hall–Kier alpha value is -3.71. The Morgan fingerprint density at radius 1 is 1.14 bits per heavy atom. The van der Waals surface area contributed by atoms with Crippen LogP contribution in [0.1, 0.15) is 22.8 Å². The summed E-state index contributed by atoms with van der Waals surface area (Å²) < 4.78 is 40.0. The number of halogens is 3. The third-order valence-corrected chi connectivity index (χ3v) is 6.16. The van der Waals surface area contributed by atoms with E-state index in [0.29, 0.717) is 38.3 Å². The van der Waals surface area contributed by atoms with Gasteiger partial charge in [0.15, 0.2) is 0 Å². The monoisotopic (exact) mass is 505 g/mol. The van der Waals surface area contributed by atoms with Gasteiger partial charge in [0.1, 0.15) is 0 Å². The number of hydrogen-bond donors (Lipinski definition) is 2. The Morgan fingerprint density at radius 2 is 1.83 bits per heavy atom. The number of carbonyl (C=O) groups is 2. The molecule has 0 radical (unpaired) electrons. The summed E-state index contributed by atoms with van der Waals surface area (Å²) in [4.78, 5) is 40.7. The third-order valence-electron chi connectivity index (χ3n) is 6.16. The highest BCUT2D eigenvalue weighted by atomic mass is 19.4. The third kappa shape index (κ3) is 5.74. The van der Waals surface area contributed by atoms with Gasteiger partial charge in [-0.1, -0.05) is 6.07 Å². The number of nitrogens with zero attached hydrogens (tertiary/aromatic N) is 5. The maximum absolute atomic E-state index is 12.7. The van der Waals surface area contributed by atoms with Crippen molar-refractivity contribution < 1.29 is 27.6 Å². The van der Waals surface area contributed by atoms with Crippen LogP contribution in [0.5, 0.6) is 0 Å². The lowest BCUT2D eigenvalue weighted by Gasteiger charge is -2.37. The number of aromatic nitrogens is 3. The number of fused-ring (bicyclic) bond motifs is 1. The fourth-order valence-corrected chi connectivity index (χ4v) is 3.99. The molecule has 10 nitrogen and oxygen atoms in total. The van der Waals surface area contributed by atoms with E-state index in [1.54, 1.807) is 24.0 Å². The summed E-state index contributed by atoms with van der Waals surface area (Å²) in [5.74, 6) is -0.582. The minimum absolute atomic E-state index is 0.210. The van der Waals surface area contributed by atoms with Gasteiger partial charge >= 0.3 is 6.18 Å². The molecule has 0 spiro atoms. The van der Waals surface area contributed by atoms with Crippen molar-refractivity contribution in [2.75, 3.05) is 37.7 Å². The molecule has 1 aliphatic rings. The highest BCUT2D eigenvalue weighted by molar-refractivity contribution is 5.97. The zero-order valence-corrected chi connectivity index (χ0v) is 19.5. The summed E-state index contributed by atoms with van der Waals surface area (Å²) in [6, 6.07) is 6.65. The largest absolute Gasteiger partial charge is 0.419 e. The van der Waals surface area contributed by atoms with Crippen molar-refractivity contribution in [3.8, 4) is 0 Å². The lowest BCUT2D eigenvalue weighted by Crippen LogP contribution is -2.54. The zero-order chi connectivity index (χ0) is 25.9. The van der Waals surface area contributed by atoms with Crippen molar-refractivity contribution in [1.29, 1.82) is 0 Å². The lowest BCUT2D eigenvalue weighted by molar-refractivity contribution is -0.139. The number of nitrogens with one attached hydrogen (secondary N) is 1. The average molecular weight is 506 g/mol. The van der Waals surface area contributed by atoms with E-state index in [-0.39, 0.29) is 18.5 Å². The van der Waals surface area contributed by atoms with Crippen molar-refractivity contribution in [2.24, 2.45) is 5.73 Å². The molecule has 13 heteroatoms. The molecule has 2 aromatic heterocycles. The molecular weight excluding hydrogens is 479 g/mol. The van der Waals surface area contributed by atoms with Crippen molar-refractivity contribution >= 4 is 28.7 Å². The number of anilines is 1. The molecule has 3 N–H and O–H groups in total. The quantitative estimate of drug-likeness (QED) is 0.354. The first kappa shape index (κ1) is 25.4. The number of primary amides is 1. The summed E-state index contributed by atoms with van der Waals surface area (Å²) in [6.45, 7) is 4.38. The van der Waals surface area contributed by atoms with Crippen LogP contribution in [0.2, 0.25) is 0 Å². The molecule has 0 aliphatic carbocycles. The van der Waals surface area contributed by atoms with Gasteiger partial charge in [0.2, 0.25) is 11.9 Å². The van der Waals surface area contributed by atoms with Gasteiger partial charge in [0.05, 0.1) is 18.2 Å². The van der Waals surface area contributed by atoms with E-state index in [2.05, 4.69) is 15.4 Å². The van der Waals surface area contributed by atoms with E-state index in [1.165, 1.54) is 0 Å². The molecule has 1 aliphatic heterocycles. The summed E-state index contributed by atoms with van der Waals surface area (Å²) in [5, 5.41) is 0.957. The van der Waals surface area contributed by atoms with Crippen LogP contribution in [0, 0.1) is 0 Å². The van der Waals surface area contributed by atoms with Crippen LogP contribution in [0.3, 0.4) is 0 Å². The minimum Gasteiger partial charge on any atom is -0.366 e. The van der Waals surface area contributed by atoms with Gasteiger partial charge in [0, 0.05) is 62.4 Å². The van der Waals surface area contributed by atoms with Gasteiger partial charge < -0.3 is 15.2 Å². The van der Waals surface area contributed by atoms with E-state index >= 15 is 0 Å². The second-order valence-corrected chi connectivity index (χ2v) is 8.43. The Bertz CT molecular complexity index is 1220. The second-order valence-electron chi connectivity index (χ2n) is 8.43. The second kappa shape index (κ2) is 10.5. The number of rotatable bonds is 8. The average Bonchev–Trinajstić information content (AvgIpc) is 3.28. The molecule has 0 bridgehead atoms. The highest BCUT2D eigenvalue weighted by Gasteiger charge is 2.32. The SMILES string of the molecule is CC(C(=O)NOCCn1ccc2ccc(C(N)=O)cc21)N1CCN(c2ncc(C(F)(F)F)cn2)CC1. The molecule has 3 aromatic rings. The predicted molar refractivity (Wildman–Crippen MR) is 125 cm³/mol.